The summed E-state index contributed by atoms with van der Waals surface area (Å²) in [5.41, 5.74) is 3.59. The Morgan fingerprint density at radius 1 is 1.27 bits per heavy atom. The molecule has 0 radical (unpaired) electrons. The second kappa shape index (κ2) is 5.38. The van der Waals surface area contributed by atoms with Crippen LogP contribution in [0.3, 0.4) is 0 Å². The minimum Gasteiger partial charge on any atom is -0.493 e. The van der Waals surface area contributed by atoms with E-state index in [-0.39, 0.29) is 11.3 Å². The molecule has 1 aromatic carbocycles. The van der Waals surface area contributed by atoms with Crippen LogP contribution in [0.5, 0.6) is 11.5 Å². The number of nitrogens with two attached hydrogens (primary N) is 1. The van der Waals surface area contributed by atoms with E-state index in [2.05, 4.69) is 0 Å². The predicted molar refractivity (Wildman–Crippen MR) is 73.7 cm³/mol. The first-order valence-electron chi connectivity index (χ1n) is 6.35. The quantitative estimate of drug-likeness (QED) is 0.795. The Bertz CT molecular complexity index is 731. The zero-order valence-electron chi connectivity index (χ0n) is 12.0. The fraction of sp³-hybridized carbons (Fsp3) is 0.333. The van der Waals surface area contributed by atoms with Crippen LogP contribution in [0.15, 0.2) is 18.2 Å². The molecule has 1 fully saturated rings. The summed E-state index contributed by atoms with van der Waals surface area (Å²) in [5, 5.41) is 18.3. The summed E-state index contributed by atoms with van der Waals surface area (Å²) in [4.78, 5) is 24.2. The average molecular weight is 299 g/mol. The number of ether oxygens (including phenoxy) is 2. The van der Waals surface area contributed by atoms with Crippen LogP contribution < -0.4 is 15.2 Å². The van der Waals surface area contributed by atoms with Gasteiger partial charge in [-0.3, -0.25) is 9.59 Å². The molecule has 112 valence electrons. The van der Waals surface area contributed by atoms with Crippen LogP contribution in [0.2, 0.25) is 0 Å². The van der Waals surface area contributed by atoms with Crippen LogP contribution in [-0.4, -0.2) is 25.9 Å². The SMILES string of the molecule is COc1cccc(C(=O)[C@@H]2[C@H](C#N)[C@@]2(C#N)C(N)=O)c1OC. The minimum atomic E-state index is -1.78. The lowest BCUT2D eigenvalue weighted by molar-refractivity contribution is -0.121. The summed E-state index contributed by atoms with van der Waals surface area (Å²) < 4.78 is 10.3. The highest BCUT2D eigenvalue weighted by molar-refractivity contribution is 6.09. The van der Waals surface area contributed by atoms with Crippen molar-refractivity contribution in [2.75, 3.05) is 14.2 Å². The van der Waals surface area contributed by atoms with Gasteiger partial charge in [-0.2, -0.15) is 10.5 Å². The van der Waals surface area contributed by atoms with Gasteiger partial charge in [0.05, 0.1) is 43.8 Å². The van der Waals surface area contributed by atoms with Crippen molar-refractivity contribution in [3.63, 3.8) is 0 Å². The molecule has 0 aliphatic heterocycles. The highest BCUT2D eigenvalue weighted by Gasteiger charge is 2.74. The number of carbonyl (C=O) groups is 2. The topological polar surface area (TPSA) is 126 Å². The molecule has 0 spiro atoms. The first kappa shape index (κ1) is 15.3. The summed E-state index contributed by atoms with van der Waals surface area (Å²) in [6, 6.07) is 8.22. The summed E-state index contributed by atoms with van der Waals surface area (Å²) in [6.07, 6.45) is 0. The molecular formula is C15H13N3O4. The average Bonchev–Trinajstić information content (AvgIpc) is 3.22. The van der Waals surface area contributed by atoms with Crippen molar-refractivity contribution in [1.29, 1.82) is 10.5 Å². The Morgan fingerprint density at radius 2 is 1.95 bits per heavy atom. The van der Waals surface area contributed by atoms with Crippen LogP contribution in [0.4, 0.5) is 0 Å². The molecule has 7 nitrogen and oxygen atoms in total. The number of ketones is 1. The zero-order chi connectivity index (χ0) is 16.5. The van der Waals surface area contributed by atoms with Gasteiger partial charge in [0.1, 0.15) is 0 Å². The van der Waals surface area contributed by atoms with Gasteiger partial charge in [0, 0.05) is 0 Å². The molecule has 22 heavy (non-hydrogen) atoms. The Kier molecular flexibility index (Phi) is 3.75. The Morgan fingerprint density at radius 3 is 2.36 bits per heavy atom. The van der Waals surface area contributed by atoms with Crippen LogP contribution in [0.1, 0.15) is 10.4 Å². The number of Topliss-reactive ketones (excluding diaryl/α,β-unsaturated/α-hetero) is 1. The molecule has 0 saturated heterocycles. The molecule has 0 heterocycles. The molecule has 1 saturated carbocycles. The van der Waals surface area contributed by atoms with Crippen molar-refractivity contribution in [2.45, 2.75) is 0 Å². The number of primary amides is 1. The number of carbonyl (C=O) groups excluding carboxylic acids is 2. The molecule has 1 aliphatic rings. The third-order valence-corrected chi connectivity index (χ3v) is 3.89. The van der Waals surface area contributed by atoms with Gasteiger partial charge in [0.2, 0.25) is 5.91 Å². The Hall–Kier alpha value is -3.06. The van der Waals surface area contributed by atoms with Gasteiger partial charge in [0.25, 0.3) is 0 Å². The van der Waals surface area contributed by atoms with E-state index in [1.165, 1.54) is 20.3 Å². The maximum absolute atomic E-state index is 12.7. The Labute approximate surface area is 126 Å². The number of benzene rings is 1. The molecule has 3 atom stereocenters. The van der Waals surface area contributed by atoms with Gasteiger partial charge in [0.15, 0.2) is 22.7 Å². The number of nitriles is 2. The monoisotopic (exact) mass is 299 g/mol. The van der Waals surface area contributed by atoms with Crippen molar-refractivity contribution in [1.82, 2.24) is 0 Å². The normalized spacial score (nSPS) is 25.5. The third kappa shape index (κ3) is 1.87. The second-order valence-corrected chi connectivity index (χ2v) is 4.83. The number of nitrogens with zero attached hydrogens (tertiary/aromatic N) is 2. The van der Waals surface area contributed by atoms with Gasteiger partial charge in [-0.25, -0.2) is 0 Å². The van der Waals surface area contributed by atoms with Crippen LogP contribution in [0.25, 0.3) is 0 Å². The first-order valence-corrected chi connectivity index (χ1v) is 6.35. The van der Waals surface area contributed by atoms with E-state index in [0.29, 0.717) is 5.75 Å². The summed E-state index contributed by atoms with van der Waals surface area (Å²) >= 11 is 0. The second-order valence-electron chi connectivity index (χ2n) is 4.83. The lowest BCUT2D eigenvalue weighted by Crippen LogP contribution is -2.28. The van der Waals surface area contributed by atoms with E-state index in [1.54, 1.807) is 18.2 Å². The maximum Gasteiger partial charge on any atom is 0.240 e. The summed E-state index contributed by atoms with van der Waals surface area (Å²) in [5.74, 6) is -3.14. The van der Waals surface area contributed by atoms with Crippen molar-refractivity contribution >= 4 is 11.7 Å². The molecule has 2 rings (SSSR count). The van der Waals surface area contributed by atoms with Crippen molar-refractivity contribution in [3.8, 4) is 23.6 Å². The largest absolute Gasteiger partial charge is 0.493 e. The van der Waals surface area contributed by atoms with Gasteiger partial charge in [-0.1, -0.05) is 6.07 Å². The molecule has 1 aromatic rings. The number of methoxy groups -OCH3 is 2. The lowest BCUT2D eigenvalue weighted by Gasteiger charge is -2.12. The number of hydrogen-bond acceptors (Lipinski definition) is 6. The minimum absolute atomic E-state index is 0.144. The van der Waals surface area contributed by atoms with Gasteiger partial charge in [-0.15, -0.1) is 0 Å². The fourth-order valence-electron chi connectivity index (χ4n) is 2.67. The standard InChI is InChI=1S/C15H13N3O4/c1-21-10-5-3-4-8(13(10)22-2)12(19)11-9(6-16)15(11,7-17)14(18)20/h3-5,9,11H,1-2H3,(H2,18,20)/t9-,11-,15+/m0/s1. The van der Waals surface area contributed by atoms with E-state index in [0.717, 1.165) is 0 Å². The molecule has 0 bridgehead atoms. The van der Waals surface area contributed by atoms with Crippen molar-refractivity contribution in [3.05, 3.63) is 23.8 Å². The van der Waals surface area contributed by atoms with Crippen molar-refractivity contribution < 1.29 is 19.1 Å². The van der Waals surface area contributed by atoms with E-state index >= 15 is 0 Å². The van der Waals surface area contributed by atoms with Gasteiger partial charge in [-0.05, 0) is 12.1 Å². The van der Waals surface area contributed by atoms with E-state index < -0.39 is 28.9 Å². The van der Waals surface area contributed by atoms with E-state index in [1.807, 2.05) is 6.07 Å². The molecule has 1 amide bonds. The molecule has 0 unspecified atom stereocenters. The Balaban J connectivity index is 2.49. The van der Waals surface area contributed by atoms with E-state index in [9.17, 15) is 14.9 Å². The first-order chi connectivity index (χ1) is 10.5. The molecule has 0 aromatic heterocycles. The fourth-order valence-corrected chi connectivity index (χ4v) is 2.67. The zero-order valence-corrected chi connectivity index (χ0v) is 12.0. The summed E-state index contributed by atoms with van der Waals surface area (Å²) in [7, 11) is 2.79. The highest BCUT2D eigenvalue weighted by Crippen LogP contribution is 2.59. The molecule has 2 N–H and O–H groups in total. The number of amides is 1. The van der Waals surface area contributed by atoms with Crippen LogP contribution in [0, 0.1) is 39.9 Å². The van der Waals surface area contributed by atoms with Crippen LogP contribution in [-0.2, 0) is 4.79 Å². The van der Waals surface area contributed by atoms with Crippen molar-refractivity contribution in [2.24, 2.45) is 23.0 Å². The smallest absolute Gasteiger partial charge is 0.240 e. The van der Waals surface area contributed by atoms with Gasteiger partial charge >= 0.3 is 0 Å². The van der Waals surface area contributed by atoms with Crippen LogP contribution >= 0.6 is 0 Å². The third-order valence-electron chi connectivity index (χ3n) is 3.89. The maximum atomic E-state index is 12.7. The number of rotatable bonds is 5. The summed E-state index contributed by atoms with van der Waals surface area (Å²) in [6.45, 7) is 0. The molecular weight excluding hydrogens is 286 g/mol. The molecule has 7 heteroatoms. The van der Waals surface area contributed by atoms with Gasteiger partial charge < -0.3 is 15.2 Å². The lowest BCUT2D eigenvalue weighted by atomic mass is 9.98. The number of hydrogen-bond donors (Lipinski definition) is 1. The predicted octanol–water partition coefficient (Wildman–Crippen LogP) is 0.651. The molecule has 1 aliphatic carbocycles. The van der Waals surface area contributed by atoms with E-state index in [4.69, 9.17) is 20.5 Å². The number of para-hydroxylation sites is 1. The highest BCUT2D eigenvalue weighted by atomic mass is 16.5.